The zero-order valence-electron chi connectivity index (χ0n) is 16.3. The molecule has 0 aromatic heterocycles. The van der Waals surface area contributed by atoms with Gasteiger partial charge >= 0.3 is 0 Å². The van der Waals surface area contributed by atoms with Crippen LogP contribution in [0.5, 0.6) is 0 Å². The van der Waals surface area contributed by atoms with E-state index < -0.39 is 30.2 Å². The van der Waals surface area contributed by atoms with E-state index in [1.54, 1.807) is 13.0 Å². The number of aliphatic hydroxyl groups is 1. The molecule has 0 aromatic carbocycles. The number of carbonyl (C=O) groups is 2. The lowest BCUT2D eigenvalue weighted by Crippen LogP contribution is -2.55. The Bertz CT molecular complexity index is 687. The van der Waals surface area contributed by atoms with Crippen LogP contribution < -0.4 is 0 Å². The Hall–Kier alpha value is -0.960. The number of carbonyl (C=O) groups excluding carboxylic acids is 2. The normalized spacial score (nSPS) is 58.6. The van der Waals surface area contributed by atoms with Crippen LogP contribution in [0.2, 0.25) is 0 Å². The Kier molecular flexibility index (Phi) is 2.38. The Morgan fingerprint density at radius 2 is 2.09 bits per heavy atom. The molecule has 4 aliphatic carbocycles. The molecule has 120 valence electrons. The number of aliphatic hydroxyl groups excluding tert-OH is 1. The zero-order valence-corrected chi connectivity index (χ0v) is 13.3. The van der Waals surface area contributed by atoms with Gasteiger partial charge in [-0.2, -0.15) is 0 Å². The summed E-state index contributed by atoms with van der Waals surface area (Å²) in [4.78, 5) is 25.0. The minimum Gasteiger partial charge on any atom is -0.393 e. The minimum absolute atomic E-state index is 0.0788. The zero-order chi connectivity index (χ0) is 18.4. The number of rotatable bonds is 0. The van der Waals surface area contributed by atoms with Crippen LogP contribution in [0.3, 0.4) is 0 Å². The van der Waals surface area contributed by atoms with E-state index >= 15 is 0 Å². The molecule has 1 unspecified atom stereocenters. The molecule has 7 atom stereocenters. The first-order valence-corrected chi connectivity index (χ1v) is 8.40. The van der Waals surface area contributed by atoms with Crippen molar-refractivity contribution in [1.29, 1.82) is 0 Å². The molecule has 3 nitrogen and oxygen atoms in total. The van der Waals surface area contributed by atoms with Crippen molar-refractivity contribution in [3.05, 3.63) is 11.6 Å². The molecule has 0 saturated heterocycles. The van der Waals surface area contributed by atoms with Crippen molar-refractivity contribution >= 4 is 11.6 Å². The number of Topliss-reactive ketones (excluding diaryl/α,β-unsaturated/α-hetero) is 1. The SMILES string of the molecule is [2H]C1[C@H](O)[C@@]2(C)CC(=O)[C@H]3[C@@H](CCC4=CC(=O)CC[C@@]43C)[C@@H]2C1([2H])[2H]. The number of fused-ring (bicyclic) bond motifs is 5. The summed E-state index contributed by atoms with van der Waals surface area (Å²) in [5.74, 6) is -0.754. The van der Waals surface area contributed by atoms with Gasteiger partial charge in [-0.05, 0) is 55.4 Å². The number of ketones is 2. The first-order valence-electron chi connectivity index (χ1n) is 9.98. The van der Waals surface area contributed by atoms with Crippen molar-refractivity contribution in [3.63, 3.8) is 0 Å². The molecule has 1 N–H and O–H groups in total. The third kappa shape index (κ3) is 1.72. The molecule has 0 aliphatic heterocycles. The van der Waals surface area contributed by atoms with Gasteiger partial charge in [-0.25, -0.2) is 0 Å². The van der Waals surface area contributed by atoms with Crippen LogP contribution >= 0.6 is 0 Å². The smallest absolute Gasteiger partial charge is 0.155 e. The largest absolute Gasteiger partial charge is 0.393 e. The standard InChI is InChI=1S/C19H26O3/c1-18-8-7-12(20)9-11(18)3-4-13-14-5-6-16(22)19(14,2)10-15(21)17(13)18/h9,13-14,16-17,22H,3-8,10H2,1-2H3/t13-,14-,16-,17+,18-,19-/m0/s1/i5D2,6D/t6?,13-,14-,16-,17+,18-,19-. The molecule has 4 rings (SSSR count). The van der Waals surface area contributed by atoms with Gasteiger partial charge in [0.05, 0.1) is 6.10 Å². The van der Waals surface area contributed by atoms with E-state index in [1.165, 1.54) is 0 Å². The fraction of sp³-hybridized carbons (Fsp3) is 0.789. The summed E-state index contributed by atoms with van der Waals surface area (Å²) in [6.07, 6.45) is 0.154. The van der Waals surface area contributed by atoms with E-state index in [2.05, 4.69) is 6.92 Å². The lowest BCUT2D eigenvalue weighted by molar-refractivity contribution is -0.148. The van der Waals surface area contributed by atoms with E-state index in [-0.39, 0.29) is 35.2 Å². The maximum Gasteiger partial charge on any atom is 0.155 e. The summed E-state index contributed by atoms with van der Waals surface area (Å²) < 4.78 is 25.3. The van der Waals surface area contributed by atoms with Crippen molar-refractivity contribution in [3.8, 4) is 0 Å². The first-order chi connectivity index (χ1) is 11.5. The van der Waals surface area contributed by atoms with Crippen LogP contribution in [0.4, 0.5) is 0 Å². The summed E-state index contributed by atoms with van der Waals surface area (Å²) in [6.45, 7) is 3.85. The van der Waals surface area contributed by atoms with Crippen molar-refractivity contribution < 1.29 is 18.8 Å². The van der Waals surface area contributed by atoms with Gasteiger partial charge in [0.15, 0.2) is 5.78 Å². The Morgan fingerprint density at radius 1 is 1.32 bits per heavy atom. The van der Waals surface area contributed by atoms with E-state index in [0.29, 0.717) is 25.7 Å². The van der Waals surface area contributed by atoms with Crippen molar-refractivity contribution in [2.75, 3.05) is 0 Å². The van der Waals surface area contributed by atoms with Gasteiger partial charge in [0, 0.05) is 28.3 Å². The number of hydrogen-bond acceptors (Lipinski definition) is 3. The highest BCUT2D eigenvalue weighted by Gasteiger charge is 2.61. The average molecular weight is 305 g/mol. The molecule has 0 spiro atoms. The van der Waals surface area contributed by atoms with E-state index in [4.69, 9.17) is 4.11 Å². The van der Waals surface area contributed by atoms with Crippen LogP contribution in [-0.2, 0) is 9.59 Å². The summed E-state index contributed by atoms with van der Waals surface area (Å²) >= 11 is 0. The van der Waals surface area contributed by atoms with Gasteiger partial charge in [-0.15, -0.1) is 0 Å². The fourth-order valence-electron chi connectivity index (χ4n) is 5.67. The molecular formula is C19H26O3. The van der Waals surface area contributed by atoms with E-state index in [0.717, 1.165) is 5.57 Å². The number of allylic oxidation sites excluding steroid dienone is 1. The Morgan fingerprint density at radius 3 is 2.86 bits per heavy atom. The highest BCUT2D eigenvalue weighted by atomic mass is 16.3. The average Bonchev–Trinajstić information content (AvgIpc) is 2.65. The second kappa shape index (κ2) is 4.53. The highest BCUT2D eigenvalue weighted by molar-refractivity contribution is 5.93. The highest BCUT2D eigenvalue weighted by Crippen LogP contribution is 2.64. The number of hydrogen-bond donors (Lipinski definition) is 1. The van der Waals surface area contributed by atoms with Gasteiger partial charge in [0.1, 0.15) is 5.78 Å². The van der Waals surface area contributed by atoms with Gasteiger partial charge in [-0.1, -0.05) is 19.4 Å². The molecule has 0 amide bonds. The molecule has 0 heterocycles. The molecule has 4 aliphatic rings. The minimum atomic E-state index is -1.81. The van der Waals surface area contributed by atoms with Gasteiger partial charge in [0.25, 0.3) is 0 Å². The molecular weight excluding hydrogens is 276 g/mol. The third-order valence-electron chi connectivity index (χ3n) is 6.97. The first kappa shape index (κ1) is 11.6. The summed E-state index contributed by atoms with van der Waals surface area (Å²) in [5, 5.41) is 10.6. The van der Waals surface area contributed by atoms with Crippen LogP contribution in [0.15, 0.2) is 11.6 Å². The van der Waals surface area contributed by atoms with Crippen LogP contribution in [0, 0.1) is 28.6 Å². The fourth-order valence-corrected chi connectivity index (χ4v) is 5.67. The van der Waals surface area contributed by atoms with Gasteiger partial charge in [-0.3, -0.25) is 9.59 Å². The molecule has 22 heavy (non-hydrogen) atoms. The second-order valence-corrected chi connectivity index (χ2v) is 8.14. The van der Waals surface area contributed by atoms with E-state index in [9.17, 15) is 14.7 Å². The van der Waals surface area contributed by atoms with Crippen molar-refractivity contribution in [1.82, 2.24) is 0 Å². The van der Waals surface area contributed by atoms with Crippen LogP contribution in [0.1, 0.15) is 62.8 Å². The Balaban J connectivity index is 1.82. The van der Waals surface area contributed by atoms with Gasteiger partial charge < -0.3 is 5.11 Å². The maximum atomic E-state index is 13.2. The lowest BCUT2D eigenvalue weighted by atomic mass is 9.47. The third-order valence-corrected chi connectivity index (χ3v) is 6.97. The van der Waals surface area contributed by atoms with E-state index in [1.807, 2.05) is 0 Å². The van der Waals surface area contributed by atoms with Crippen molar-refractivity contribution in [2.45, 2.75) is 64.8 Å². The lowest BCUT2D eigenvalue weighted by Gasteiger charge is -2.56. The van der Waals surface area contributed by atoms with Crippen LogP contribution in [0.25, 0.3) is 0 Å². The summed E-state index contributed by atoms with van der Waals surface area (Å²) in [6, 6.07) is 0. The molecule has 0 radical (unpaired) electrons. The monoisotopic (exact) mass is 305 g/mol. The predicted molar refractivity (Wildman–Crippen MR) is 83.1 cm³/mol. The van der Waals surface area contributed by atoms with Gasteiger partial charge in [0.2, 0.25) is 0 Å². The maximum absolute atomic E-state index is 13.2. The second-order valence-electron chi connectivity index (χ2n) is 8.14. The van der Waals surface area contributed by atoms with Crippen LogP contribution in [-0.4, -0.2) is 22.8 Å². The Labute approximate surface area is 136 Å². The quantitative estimate of drug-likeness (QED) is 0.748. The predicted octanol–water partition coefficient (Wildman–Crippen LogP) is 3.06. The molecule has 3 saturated carbocycles. The molecule has 3 fully saturated rings. The van der Waals surface area contributed by atoms with Crippen molar-refractivity contribution in [2.24, 2.45) is 28.6 Å². The molecule has 0 bridgehead atoms. The molecule has 0 aromatic rings. The topological polar surface area (TPSA) is 54.4 Å². The summed E-state index contributed by atoms with van der Waals surface area (Å²) in [7, 11) is 0. The summed E-state index contributed by atoms with van der Waals surface area (Å²) in [5.41, 5.74) is -0.199. The molecule has 3 heteroatoms.